The van der Waals surface area contributed by atoms with Gasteiger partial charge in [0.25, 0.3) is 0 Å². The Morgan fingerprint density at radius 2 is 2.08 bits per heavy atom. The van der Waals surface area contributed by atoms with E-state index in [0.717, 1.165) is 21.4 Å². The van der Waals surface area contributed by atoms with Gasteiger partial charge in [0, 0.05) is 22.6 Å². The van der Waals surface area contributed by atoms with Gasteiger partial charge in [-0.25, -0.2) is 4.98 Å². The van der Waals surface area contributed by atoms with E-state index in [1.54, 1.807) is 24.3 Å². The van der Waals surface area contributed by atoms with Crippen LogP contribution in [0.4, 0.5) is 5.82 Å². The number of rotatable bonds is 2. The summed E-state index contributed by atoms with van der Waals surface area (Å²) >= 11 is 5.04. The Hall–Kier alpha value is -2.12. The number of carbonyl (C=O) groups excluding carboxylic acids is 1. The van der Waals surface area contributed by atoms with Crippen molar-refractivity contribution in [3.63, 3.8) is 0 Å². The molecule has 1 atom stereocenters. The Morgan fingerprint density at radius 1 is 1.25 bits per heavy atom. The lowest BCUT2D eigenvalue weighted by Crippen LogP contribution is -2.12. The SMILES string of the molecule is O=C1CS[C@@H](c2cccnc2)c2c(ncn2-c2ccc(Br)cc2)N1. The third-order valence-electron chi connectivity index (χ3n) is 3.78. The molecule has 1 amide bonds. The maximum absolute atomic E-state index is 12.0. The fraction of sp³-hybridized carbons (Fsp3) is 0.118. The van der Waals surface area contributed by atoms with Crippen molar-refractivity contribution in [2.45, 2.75) is 5.25 Å². The summed E-state index contributed by atoms with van der Waals surface area (Å²) in [5, 5.41) is 2.89. The van der Waals surface area contributed by atoms with Crippen molar-refractivity contribution in [1.29, 1.82) is 0 Å². The normalized spacial score (nSPS) is 17.0. The smallest absolute Gasteiger partial charge is 0.235 e. The first-order valence-electron chi connectivity index (χ1n) is 7.37. The minimum absolute atomic E-state index is 0.0150. The Morgan fingerprint density at radius 3 is 2.83 bits per heavy atom. The molecule has 0 spiro atoms. The summed E-state index contributed by atoms with van der Waals surface area (Å²) in [6.45, 7) is 0. The van der Waals surface area contributed by atoms with Gasteiger partial charge in [0.2, 0.25) is 5.91 Å². The molecule has 0 bridgehead atoms. The van der Waals surface area contributed by atoms with Crippen molar-refractivity contribution in [3.8, 4) is 5.69 Å². The van der Waals surface area contributed by atoms with Crippen molar-refractivity contribution < 1.29 is 4.79 Å². The molecule has 0 unspecified atom stereocenters. The van der Waals surface area contributed by atoms with E-state index >= 15 is 0 Å². The predicted molar refractivity (Wildman–Crippen MR) is 98.4 cm³/mol. The van der Waals surface area contributed by atoms with Crippen molar-refractivity contribution in [1.82, 2.24) is 14.5 Å². The molecule has 1 aliphatic rings. The predicted octanol–water partition coefficient (Wildman–Crippen LogP) is 3.80. The van der Waals surface area contributed by atoms with Gasteiger partial charge in [-0.05, 0) is 35.9 Å². The number of hydrogen-bond acceptors (Lipinski definition) is 4. The first kappa shape index (κ1) is 15.4. The molecule has 24 heavy (non-hydrogen) atoms. The van der Waals surface area contributed by atoms with Crippen molar-refractivity contribution in [2.24, 2.45) is 0 Å². The molecule has 0 saturated carbocycles. The van der Waals surface area contributed by atoms with Crippen LogP contribution in [0.25, 0.3) is 5.69 Å². The number of aromatic nitrogens is 3. The van der Waals surface area contributed by atoms with Gasteiger partial charge in [-0.2, -0.15) is 0 Å². The number of halogens is 1. The van der Waals surface area contributed by atoms with Crippen LogP contribution in [0.15, 0.2) is 59.6 Å². The molecule has 7 heteroatoms. The van der Waals surface area contributed by atoms with Gasteiger partial charge in [0.05, 0.1) is 16.7 Å². The largest absolute Gasteiger partial charge is 0.308 e. The maximum Gasteiger partial charge on any atom is 0.235 e. The Bertz CT molecular complexity index is 879. The molecule has 0 saturated heterocycles. The Labute approximate surface area is 151 Å². The van der Waals surface area contributed by atoms with E-state index in [-0.39, 0.29) is 11.2 Å². The second-order valence-electron chi connectivity index (χ2n) is 5.35. The zero-order valence-electron chi connectivity index (χ0n) is 12.5. The summed E-state index contributed by atoms with van der Waals surface area (Å²) in [6.07, 6.45) is 5.35. The fourth-order valence-corrected chi connectivity index (χ4v) is 4.07. The molecule has 1 aliphatic heterocycles. The highest BCUT2D eigenvalue weighted by atomic mass is 79.9. The third-order valence-corrected chi connectivity index (χ3v) is 5.57. The molecule has 1 N–H and O–H groups in total. The van der Waals surface area contributed by atoms with E-state index in [4.69, 9.17) is 0 Å². The number of pyridine rings is 1. The summed E-state index contributed by atoms with van der Waals surface area (Å²) in [4.78, 5) is 20.7. The molecule has 0 radical (unpaired) electrons. The summed E-state index contributed by atoms with van der Waals surface area (Å²) in [5.74, 6) is 0.964. The Kier molecular flexibility index (Phi) is 4.12. The highest BCUT2D eigenvalue weighted by molar-refractivity contribution is 9.10. The van der Waals surface area contributed by atoms with Gasteiger partial charge in [0.1, 0.15) is 6.33 Å². The highest BCUT2D eigenvalue weighted by Crippen LogP contribution is 2.41. The first-order chi connectivity index (χ1) is 11.7. The summed E-state index contributed by atoms with van der Waals surface area (Å²) in [5.41, 5.74) is 3.01. The zero-order chi connectivity index (χ0) is 16.5. The fourth-order valence-electron chi connectivity index (χ4n) is 2.70. The van der Waals surface area contributed by atoms with Crippen LogP contribution in [0.3, 0.4) is 0 Å². The minimum atomic E-state index is -0.0336. The number of hydrogen-bond donors (Lipinski definition) is 1. The van der Waals surface area contributed by atoms with Crippen molar-refractivity contribution in [3.05, 3.63) is 70.8 Å². The van der Waals surface area contributed by atoms with E-state index < -0.39 is 0 Å². The molecular formula is C17H13BrN4OS. The lowest BCUT2D eigenvalue weighted by Gasteiger charge is -2.17. The standard InChI is InChI=1S/C17H13BrN4OS/c18-12-3-5-13(6-4-12)22-10-20-17-15(22)16(24-9-14(23)21-17)11-2-1-7-19-8-11/h1-8,10,16H,9H2,(H,21,23)/t16-/m0/s1. The van der Waals surface area contributed by atoms with Crippen LogP contribution in [-0.2, 0) is 4.79 Å². The van der Waals surface area contributed by atoms with E-state index in [1.165, 1.54) is 0 Å². The number of nitrogens with zero attached hydrogens (tertiary/aromatic N) is 3. The van der Waals surface area contributed by atoms with Crippen LogP contribution in [0, 0.1) is 0 Å². The monoisotopic (exact) mass is 400 g/mol. The van der Waals surface area contributed by atoms with Crippen LogP contribution in [-0.4, -0.2) is 26.2 Å². The second kappa shape index (κ2) is 6.41. The van der Waals surface area contributed by atoms with E-state index in [9.17, 15) is 4.79 Å². The molecule has 1 aromatic carbocycles. The third kappa shape index (κ3) is 2.85. The number of amides is 1. The van der Waals surface area contributed by atoms with E-state index in [0.29, 0.717) is 11.6 Å². The molecule has 0 fully saturated rings. The zero-order valence-corrected chi connectivity index (χ0v) is 14.9. The number of benzene rings is 1. The molecule has 3 aromatic rings. The van der Waals surface area contributed by atoms with Crippen LogP contribution in [0.5, 0.6) is 0 Å². The highest BCUT2D eigenvalue weighted by Gasteiger charge is 2.29. The number of thioether (sulfide) groups is 1. The number of nitrogens with one attached hydrogen (secondary N) is 1. The van der Waals surface area contributed by atoms with Gasteiger partial charge in [-0.15, -0.1) is 11.8 Å². The Balaban J connectivity index is 1.87. The minimum Gasteiger partial charge on any atom is -0.308 e. The molecular weight excluding hydrogens is 388 g/mol. The molecule has 3 heterocycles. The lowest BCUT2D eigenvalue weighted by molar-refractivity contribution is -0.113. The lowest BCUT2D eigenvalue weighted by atomic mass is 10.1. The molecule has 120 valence electrons. The van der Waals surface area contributed by atoms with Gasteiger partial charge in [-0.3, -0.25) is 14.3 Å². The quantitative estimate of drug-likeness (QED) is 0.710. The number of anilines is 1. The summed E-state index contributed by atoms with van der Waals surface area (Å²) in [6, 6.07) is 12.0. The average molecular weight is 401 g/mol. The van der Waals surface area contributed by atoms with Crippen molar-refractivity contribution in [2.75, 3.05) is 11.1 Å². The maximum atomic E-state index is 12.0. The molecule has 4 rings (SSSR count). The number of imidazole rings is 1. The van der Waals surface area contributed by atoms with E-state index in [1.807, 2.05) is 47.2 Å². The van der Waals surface area contributed by atoms with Crippen LogP contribution in [0.2, 0.25) is 0 Å². The van der Waals surface area contributed by atoms with Crippen LogP contribution < -0.4 is 5.32 Å². The first-order valence-corrected chi connectivity index (χ1v) is 9.21. The van der Waals surface area contributed by atoms with Crippen molar-refractivity contribution >= 4 is 39.4 Å². The van der Waals surface area contributed by atoms with Gasteiger partial charge < -0.3 is 5.32 Å². The molecule has 0 aliphatic carbocycles. The van der Waals surface area contributed by atoms with Gasteiger partial charge in [0.15, 0.2) is 5.82 Å². The summed E-state index contributed by atoms with van der Waals surface area (Å²) in [7, 11) is 0. The molecule has 5 nitrogen and oxygen atoms in total. The second-order valence-corrected chi connectivity index (χ2v) is 7.36. The average Bonchev–Trinajstić information content (AvgIpc) is 2.92. The van der Waals surface area contributed by atoms with Crippen LogP contribution in [0.1, 0.15) is 16.5 Å². The summed E-state index contributed by atoms with van der Waals surface area (Å²) < 4.78 is 3.04. The van der Waals surface area contributed by atoms with Gasteiger partial charge >= 0.3 is 0 Å². The number of fused-ring (bicyclic) bond motifs is 1. The number of carbonyl (C=O) groups is 1. The van der Waals surface area contributed by atoms with Crippen LogP contribution >= 0.6 is 27.7 Å². The van der Waals surface area contributed by atoms with E-state index in [2.05, 4.69) is 31.2 Å². The molecule has 2 aromatic heterocycles. The topological polar surface area (TPSA) is 59.8 Å². The van der Waals surface area contributed by atoms with Gasteiger partial charge in [-0.1, -0.05) is 22.0 Å².